The Labute approximate surface area is 198 Å². The van der Waals surface area contributed by atoms with Crippen molar-refractivity contribution < 1.29 is 14.6 Å². The number of H-pyrrole nitrogens is 1. The van der Waals surface area contributed by atoms with Gasteiger partial charge in [0.05, 0.1) is 0 Å². The van der Waals surface area contributed by atoms with Gasteiger partial charge in [-0.25, -0.2) is 0 Å². The number of pyridine rings is 1. The van der Waals surface area contributed by atoms with Gasteiger partial charge in [0.15, 0.2) is 0 Å². The third-order valence-electron chi connectivity index (χ3n) is 6.39. The lowest BCUT2D eigenvalue weighted by Gasteiger charge is -2.37. The summed E-state index contributed by atoms with van der Waals surface area (Å²) >= 11 is 0. The monoisotopic (exact) mass is 456 g/mol. The van der Waals surface area contributed by atoms with Crippen molar-refractivity contribution in [3.8, 4) is 5.75 Å². The second-order valence-corrected chi connectivity index (χ2v) is 8.63. The third-order valence-corrected chi connectivity index (χ3v) is 6.39. The van der Waals surface area contributed by atoms with E-state index >= 15 is 0 Å². The maximum atomic E-state index is 12.3. The van der Waals surface area contributed by atoms with Gasteiger partial charge in [0.2, 0.25) is 0 Å². The molecule has 4 aromatic rings. The molecular weight excluding hydrogens is 428 g/mol. The molecule has 2 aromatic heterocycles. The molecule has 0 bridgehead atoms. The number of carboxylic acid groups (broad SMARTS) is 1. The second kappa shape index (κ2) is 10.1. The van der Waals surface area contributed by atoms with Crippen LogP contribution in [0.1, 0.15) is 22.7 Å². The predicted molar refractivity (Wildman–Crippen MR) is 131 cm³/mol. The zero-order chi connectivity index (χ0) is 23.3. The largest absolute Gasteiger partial charge is 0.489 e. The van der Waals surface area contributed by atoms with E-state index in [0.717, 1.165) is 47.4 Å². The number of carbonyl (C=O) groups is 1. The lowest BCUT2D eigenvalue weighted by molar-refractivity contribution is -0.144. The number of nitrogens with one attached hydrogen (secondary N) is 1. The highest BCUT2D eigenvalue weighted by Crippen LogP contribution is 2.32. The number of fused-ring (bicyclic) bond motifs is 1. The molecule has 1 unspecified atom stereocenters. The summed E-state index contributed by atoms with van der Waals surface area (Å²) in [5.74, 6) is -0.0748. The van der Waals surface area contributed by atoms with Gasteiger partial charge in [0, 0.05) is 73.8 Å². The van der Waals surface area contributed by atoms with E-state index in [9.17, 15) is 9.90 Å². The van der Waals surface area contributed by atoms with Crippen LogP contribution < -0.4 is 4.74 Å². The molecule has 1 fully saturated rings. The average molecular weight is 457 g/mol. The number of aliphatic carboxylic acids is 1. The topological polar surface area (TPSA) is 81.7 Å². The van der Waals surface area contributed by atoms with Crippen molar-refractivity contribution in [3.05, 3.63) is 95.9 Å². The number of benzene rings is 2. The molecule has 1 aliphatic rings. The number of carboxylic acids is 1. The Kier molecular flexibility index (Phi) is 6.56. The molecule has 34 heavy (non-hydrogen) atoms. The number of hydrogen-bond acceptors (Lipinski definition) is 5. The zero-order valence-electron chi connectivity index (χ0n) is 18.9. The number of nitrogens with zero attached hydrogens (tertiary/aromatic N) is 3. The summed E-state index contributed by atoms with van der Waals surface area (Å²) in [6.45, 7) is 4.40. The molecule has 0 spiro atoms. The highest BCUT2D eigenvalue weighted by molar-refractivity contribution is 5.90. The molecule has 1 saturated heterocycles. The average Bonchev–Trinajstić information content (AvgIpc) is 3.28. The predicted octanol–water partition coefficient (Wildman–Crippen LogP) is 4.09. The standard InChI is InChI=1S/C27H28N4O3/c32-27(33)26(31-14-12-30(13-15-31)18-20-8-10-28-11-9-20)24-17-29-25-16-22(6-7-23(24)25)34-19-21-4-2-1-3-5-21/h1-11,16-17,26,29H,12-15,18-19H2,(H,32,33). The van der Waals surface area contributed by atoms with Crippen LogP contribution in [0.15, 0.2) is 79.3 Å². The van der Waals surface area contributed by atoms with Crippen molar-refractivity contribution in [2.75, 3.05) is 26.2 Å². The first-order valence-corrected chi connectivity index (χ1v) is 11.5. The molecule has 174 valence electrons. The number of aromatic amines is 1. The van der Waals surface area contributed by atoms with Crippen LogP contribution in [0.25, 0.3) is 10.9 Å². The number of piperazine rings is 1. The van der Waals surface area contributed by atoms with Crippen LogP contribution >= 0.6 is 0 Å². The van der Waals surface area contributed by atoms with Crippen molar-refractivity contribution >= 4 is 16.9 Å². The minimum atomic E-state index is -0.826. The summed E-state index contributed by atoms with van der Waals surface area (Å²) < 4.78 is 5.94. The van der Waals surface area contributed by atoms with E-state index in [4.69, 9.17) is 4.74 Å². The van der Waals surface area contributed by atoms with Gasteiger partial charge < -0.3 is 14.8 Å². The minimum absolute atomic E-state index is 0.488. The van der Waals surface area contributed by atoms with Crippen LogP contribution in [0, 0.1) is 0 Å². The van der Waals surface area contributed by atoms with E-state index in [2.05, 4.69) is 19.8 Å². The molecule has 1 aliphatic heterocycles. The number of aromatic nitrogens is 2. The van der Waals surface area contributed by atoms with Gasteiger partial charge in [-0.05, 0) is 35.4 Å². The van der Waals surface area contributed by atoms with E-state index in [1.54, 1.807) is 12.4 Å². The molecular formula is C27H28N4O3. The maximum absolute atomic E-state index is 12.3. The zero-order valence-corrected chi connectivity index (χ0v) is 18.9. The first-order chi connectivity index (χ1) is 16.7. The summed E-state index contributed by atoms with van der Waals surface area (Å²) in [5.41, 5.74) is 3.99. The van der Waals surface area contributed by atoms with Crippen LogP contribution in [0.3, 0.4) is 0 Å². The van der Waals surface area contributed by atoms with Crippen LogP contribution in [0.4, 0.5) is 0 Å². The number of hydrogen-bond donors (Lipinski definition) is 2. The van der Waals surface area contributed by atoms with Crippen LogP contribution in [-0.4, -0.2) is 57.0 Å². The lowest BCUT2D eigenvalue weighted by atomic mass is 10.0. The Bertz CT molecular complexity index is 1230. The normalized spacial score (nSPS) is 15.9. The maximum Gasteiger partial charge on any atom is 0.325 e. The Morgan fingerprint density at radius 2 is 1.76 bits per heavy atom. The minimum Gasteiger partial charge on any atom is -0.489 e. The van der Waals surface area contributed by atoms with Gasteiger partial charge >= 0.3 is 5.97 Å². The third kappa shape index (κ3) is 4.95. The smallest absolute Gasteiger partial charge is 0.325 e. The molecule has 2 N–H and O–H groups in total. The van der Waals surface area contributed by atoms with Crippen LogP contribution in [-0.2, 0) is 17.9 Å². The Morgan fingerprint density at radius 3 is 2.50 bits per heavy atom. The van der Waals surface area contributed by atoms with Gasteiger partial charge in [-0.15, -0.1) is 0 Å². The van der Waals surface area contributed by atoms with E-state index in [1.165, 1.54) is 5.56 Å². The van der Waals surface area contributed by atoms with Crippen LogP contribution in [0.5, 0.6) is 5.75 Å². The Hall–Kier alpha value is -3.68. The summed E-state index contributed by atoms with van der Waals surface area (Å²) in [5, 5.41) is 11.0. The lowest BCUT2D eigenvalue weighted by Crippen LogP contribution is -2.48. The van der Waals surface area contributed by atoms with Gasteiger partial charge in [-0.1, -0.05) is 30.3 Å². The van der Waals surface area contributed by atoms with Gasteiger partial charge in [-0.2, -0.15) is 0 Å². The molecule has 5 rings (SSSR count). The Morgan fingerprint density at radius 1 is 1.00 bits per heavy atom. The molecule has 0 saturated carbocycles. The van der Waals surface area contributed by atoms with Crippen LogP contribution in [0.2, 0.25) is 0 Å². The van der Waals surface area contributed by atoms with Crippen molar-refractivity contribution in [1.82, 2.24) is 19.8 Å². The molecule has 7 heteroatoms. The molecule has 1 atom stereocenters. The van der Waals surface area contributed by atoms with E-state index < -0.39 is 12.0 Å². The SMILES string of the molecule is O=C(O)C(c1c[nH]c2cc(OCc3ccccc3)ccc12)N1CCN(Cc2ccncc2)CC1. The van der Waals surface area contributed by atoms with Gasteiger partial charge in [0.1, 0.15) is 18.4 Å². The van der Waals surface area contributed by atoms with Gasteiger partial charge in [0.25, 0.3) is 0 Å². The highest BCUT2D eigenvalue weighted by Gasteiger charge is 2.32. The summed E-state index contributed by atoms with van der Waals surface area (Å²) in [4.78, 5) is 24.1. The summed E-state index contributed by atoms with van der Waals surface area (Å²) in [7, 11) is 0. The molecule has 0 aliphatic carbocycles. The Balaban J connectivity index is 1.27. The fourth-order valence-electron chi connectivity index (χ4n) is 4.60. The fourth-order valence-corrected chi connectivity index (χ4v) is 4.60. The molecule has 0 radical (unpaired) electrons. The number of ether oxygens (including phenoxy) is 1. The van der Waals surface area contributed by atoms with Crippen molar-refractivity contribution in [1.29, 1.82) is 0 Å². The summed E-state index contributed by atoms with van der Waals surface area (Å²) in [6, 6.07) is 19.2. The first kappa shape index (κ1) is 22.1. The van der Waals surface area contributed by atoms with Crippen molar-refractivity contribution in [3.63, 3.8) is 0 Å². The second-order valence-electron chi connectivity index (χ2n) is 8.63. The molecule has 0 amide bonds. The summed E-state index contributed by atoms with van der Waals surface area (Å²) in [6.07, 6.45) is 5.44. The quantitative estimate of drug-likeness (QED) is 0.416. The van der Waals surface area contributed by atoms with E-state index in [-0.39, 0.29) is 0 Å². The van der Waals surface area contributed by atoms with Gasteiger partial charge in [-0.3, -0.25) is 19.6 Å². The fraction of sp³-hybridized carbons (Fsp3) is 0.259. The highest BCUT2D eigenvalue weighted by atomic mass is 16.5. The first-order valence-electron chi connectivity index (χ1n) is 11.5. The van der Waals surface area contributed by atoms with Crippen molar-refractivity contribution in [2.45, 2.75) is 19.2 Å². The van der Waals surface area contributed by atoms with E-state index in [1.807, 2.05) is 66.9 Å². The molecule has 2 aromatic carbocycles. The molecule has 3 heterocycles. The van der Waals surface area contributed by atoms with E-state index in [0.29, 0.717) is 19.7 Å². The molecule has 7 nitrogen and oxygen atoms in total. The van der Waals surface area contributed by atoms with Crippen molar-refractivity contribution in [2.24, 2.45) is 0 Å². The number of rotatable bonds is 8.